The van der Waals surface area contributed by atoms with Gasteiger partial charge < -0.3 is 14.2 Å². The maximum Gasteiger partial charge on any atom is 0.268 e. The third kappa shape index (κ3) is 6.96. The highest BCUT2D eigenvalue weighted by molar-refractivity contribution is 7.18. The van der Waals surface area contributed by atoms with E-state index in [-0.39, 0.29) is 5.57 Å². The molecule has 0 fully saturated rings. The van der Waals surface area contributed by atoms with Gasteiger partial charge in [-0.1, -0.05) is 53.8 Å². The number of nitrogens with zero attached hydrogens (tertiary/aromatic N) is 3. The van der Waals surface area contributed by atoms with Gasteiger partial charge in [-0.2, -0.15) is 5.26 Å². The molecule has 0 spiro atoms. The summed E-state index contributed by atoms with van der Waals surface area (Å²) in [6.45, 7) is 4.73. The number of carbonyl (C=O) groups is 1. The monoisotopic (exact) mass is 526 g/mol. The summed E-state index contributed by atoms with van der Waals surface area (Å²) in [7, 11) is 1.53. The average Bonchev–Trinajstić information content (AvgIpc) is 3.38. The number of methoxy groups -OCH3 is 1. The van der Waals surface area contributed by atoms with Crippen LogP contribution in [-0.4, -0.2) is 36.4 Å². The molecule has 1 amide bonds. The number of ether oxygens (including phenoxy) is 3. The topological polar surface area (TPSA) is 106 Å². The quantitative estimate of drug-likeness (QED) is 0.157. The second kappa shape index (κ2) is 12.5. The minimum atomic E-state index is -0.578. The summed E-state index contributed by atoms with van der Waals surface area (Å²) in [6, 6.07) is 22.7. The van der Waals surface area contributed by atoms with E-state index in [1.54, 1.807) is 18.2 Å². The Kier molecular flexibility index (Phi) is 8.69. The number of anilines is 1. The zero-order chi connectivity index (χ0) is 26.9. The highest BCUT2D eigenvalue weighted by Gasteiger charge is 2.14. The van der Waals surface area contributed by atoms with Crippen molar-refractivity contribution in [1.29, 1.82) is 5.26 Å². The van der Waals surface area contributed by atoms with Crippen molar-refractivity contribution in [2.24, 2.45) is 0 Å². The van der Waals surface area contributed by atoms with Crippen molar-refractivity contribution >= 4 is 28.5 Å². The lowest BCUT2D eigenvalue weighted by Crippen LogP contribution is -2.13. The van der Waals surface area contributed by atoms with Crippen LogP contribution in [0.3, 0.4) is 0 Å². The Bertz CT molecular complexity index is 1470. The van der Waals surface area contributed by atoms with E-state index in [1.165, 1.54) is 24.5 Å². The maximum atomic E-state index is 12.7. The molecule has 0 radical (unpaired) electrons. The van der Waals surface area contributed by atoms with Gasteiger partial charge in [0.2, 0.25) is 5.13 Å². The van der Waals surface area contributed by atoms with Crippen molar-refractivity contribution in [2.45, 2.75) is 13.8 Å². The molecule has 4 rings (SSSR count). The van der Waals surface area contributed by atoms with Crippen LogP contribution in [0.5, 0.6) is 17.2 Å². The van der Waals surface area contributed by atoms with Crippen molar-refractivity contribution in [2.75, 3.05) is 25.6 Å². The van der Waals surface area contributed by atoms with E-state index in [0.29, 0.717) is 40.4 Å². The SMILES string of the molecule is COc1cc(C=C(C#N)C(=O)Nc2nnc(-c3ccccc3)s2)ccc1OCCOc1cc(C)cc(C)c1. The van der Waals surface area contributed by atoms with Gasteiger partial charge in [-0.15, -0.1) is 10.2 Å². The number of carbonyl (C=O) groups excluding carboxylic acids is 1. The van der Waals surface area contributed by atoms with Crippen LogP contribution in [0.2, 0.25) is 0 Å². The third-order valence-electron chi connectivity index (χ3n) is 5.33. The smallest absolute Gasteiger partial charge is 0.268 e. The van der Waals surface area contributed by atoms with Gasteiger partial charge in [0.15, 0.2) is 11.5 Å². The number of nitrogens with one attached hydrogen (secondary N) is 1. The predicted molar refractivity (Wildman–Crippen MR) is 147 cm³/mol. The first-order valence-corrected chi connectivity index (χ1v) is 12.6. The lowest BCUT2D eigenvalue weighted by Gasteiger charge is -2.13. The second-order valence-electron chi connectivity index (χ2n) is 8.33. The molecule has 4 aromatic rings. The highest BCUT2D eigenvalue weighted by atomic mass is 32.1. The van der Waals surface area contributed by atoms with Gasteiger partial charge in [0.05, 0.1) is 7.11 Å². The fraction of sp³-hybridized carbons (Fsp3) is 0.172. The van der Waals surface area contributed by atoms with E-state index in [0.717, 1.165) is 22.4 Å². The molecular weight excluding hydrogens is 500 g/mol. The van der Waals surface area contributed by atoms with Crippen molar-refractivity contribution in [3.63, 3.8) is 0 Å². The van der Waals surface area contributed by atoms with Crippen molar-refractivity contribution < 1.29 is 19.0 Å². The fourth-order valence-electron chi connectivity index (χ4n) is 3.67. The summed E-state index contributed by atoms with van der Waals surface area (Å²) in [5, 5.41) is 21.3. The number of rotatable bonds is 10. The molecule has 192 valence electrons. The Morgan fingerprint density at radius 3 is 2.42 bits per heavy atom. The molecule has 0 bridgehead atoms. The van der Waals surface area contributed by atoms with Crippen LogP contribution in [0.25, 0.3) is 16.6 Å². The van der Waals surface area contributed by atoms with Gasteiger partial charge in [0.1, 0.15) is 35.6 Å². The van der Waals surface area contributed by atoms with E-state index in [9.17, 15) is 10.1 Å². The summed E-state index contributed by atoms with van der Waals surface area (Å²) in [4.78, 5) is 12.7. The maximum absolute atomic E-state index is 12.7. The van der Waals surface area contributed by atoms with Gasteiger partial charge in [0, 0.05) is 5.56 Å². The second-order valence-corrected chi connectivity index (χ2v) is 9.31. The number of hydrogen-bond donors (Lipinski definition) is 1. The number of aryl methyl sites for hydroxylation is 2. The minimum absolute atomic E-state index is 0.0842. The lowest BCUT2D eigenvalue weighted by atomic mass is 10.1. The summed E-state index contributed by atoms with van der Waals surface area (Å²) in [6.07, 6.45) is 1.48. The summed E-state index contributed by atoms with van der Waals surface area (Å²) < 4.78 is 17.1. The molecule has 0 saturated carbocycles. The van der Waals surface area contributed by atoms with Gasteiger partial charge in [-0.3, -0.25) is 10.1 Å². The Morgan fingerprint density at radius 2 is 1.71 bits per heavy atom. The summed E-state index contributed by atoms with van der Waals surface area (Å²) >= 11 is 1.23. The Hall–Kier alpha value is -4.68. The number of nitriles is 1. The van der Waals surface area contributed by atoms with Gasteiger partial charge in [-0.05, 0) is 60.9 Å². The molecule has 8 nitrogen and oxygen atoms in total. The van der Waals surface area contributed by atoms with Crippen LogP contribution in [0, 0.1) is 25.2 Å². The van der Waals surface area contributed by atoms with Crippen molar-refractivity contribution in [1.82, 2.24) is 10.2 Å². The van der Waals surface area contributed by atoms with E-state index in [1.807, 2.05) is 62.4 Å². The van der Waals surface area contributed by atoms with E-state index in [2.05, 4.69) is 21.6 Å². The van der Waals surface area contributed by atoms with Crippen molar-refractivity contribution in [3.05, 3.63) is 89.0 Å². The Labute approximate surface area is 225 Å². The molecular formula is C29H26N4O4S. The largest absolute Gasteiger partial charge is 0.493 e. The fourth-order valence-corrected chi connectivity index (χ4v) is 4.42. The molecule has 0 aliphatic rings. The average molecular weight is 527 g/mol. The zero-order valence-corrected chi connectivity index (χ0v) is 22.0. The van der Waals surface area contributed by atoms with E-state index < -0.39 is 5.91 Å². The Balaban J connectivity index is 1.38. The number of aromatic nitrogens is 2. The molecule has 0 aliphatic heterocycles. The summed E-state index contributed by atoms with van der Waals surface area (Å²) in [5.41, 5.74) is 3.69. The molecule has 38 heavy (non-hydrogen) atoms. The molecule has 0 saturated heterocycles. The first kappa shape index (κ1) is 26.4. The predicted octanol–water partition coefficient (Wildman–Crippen LogP) is 5.83. The molecule has 9 heteroatoms. The Morgan fingerprint density at radius 1 is 0.974 bits per heavy atom. The van der Waals surface area contributed by atoms with Gasteiger partial charge >= 0.3 is 0 Å². The molecule has 1 aromatic heterocycles. The highest BCUT2D eigenvalue weighted by Crippen LogP contribution is 2.30. The minimum Gasteiger partial charge on any atom is -0.493 e. The first-order chi connectivity index (χ1) is 18.4. The van der Waals surface area contributed by atoms with E-state index >= 15 is 0 Å². The molecule has 3 aromatic carbocycles. The molecule has 0 unspecified atom stereocenters. The zero-order valence-electron chi connectivity index (χ0n) is 21.2. The number of hydrogen-bond acceptors (Lipinski definition) is 8. The molecule has 0 aliphatic carbocycles. The van der Waals surface area contributed by atoms with E-state index in [4.69, 9.17) is 14.2 Å². The van der Waals surface area contributed by atoms with Crippen LogP contribution in [0.1, 0.15) is 16.7 Å². The summed E-state index contributed by atoms with van der Waals surface area (Å²) in [5.74, 6) is 1.22. The molecule has 0 atom stereocenters. The van der Waals surface area contributed by atoms with Crippen LogP contribution < -0.4 is 19.5 Å². The van der Waals surface area contributed by atoms with Gasteiger partial charge in [-0.25, -0.2) is 0 Å². The lowest BCUT2D eigenvalue weighted by molar-refractivity contribution is -0.112. The normalized spacial score (nSPS) is 10.9. The van der Waals surface area contributed by atoms with Crippen LogP contribution in [0.4, 0.5) is 5.13 Å². The number of amides is 1. The number of benzene rings is 3. The molecule has 1 N–H and O–H groups in total. The first-order valence-electron chi connectivity index (χ1n) is 11.8. The van der Waals surface area contributed by atoms with Crippen LogP contribution in [0.15, 0.2) is 72.3 Å². The van der Waals surface area contributed by atoms with Crippen LogP contribution >= 0.6 is 11.3 Å². The van der Waals surface area contributed by atoms with Gasteiger partial charge in [0.25, 0.3) is 5.91 Å². The standard InChI is InChI=1S/C29H26N4O4S/c1-19-13-20(2)15-24(14-19)36-11-12-37-25-10-9-21(17-26(25)35-3)16-23(18-30)27(34)31-29-33-32-28(38-29)22-7-5-4-6-8-22/h4-10,13-17H,11-12H2,1-3H3,(H,31,33,34). The van der Waals surface area contributed by atoms with Crippen molar-refractivity contribution in [3.8, 4) is 33.9 Å². The third-order valence-corrected chi connectivity index (χ3v) is 6.22. The molecule has 1 heterocycles. The van der Waals surface area contributed by atoms with Crippen LogP contribution in [-0.2, 0) is 4.79 Å².